The highest BCUT2D eigenvalue weighted by Crippen LogP contribution is 2.11. The summed E-state index contributed by atoms with van der Waals surface area (Å²) < 4.78 is 0.455. The van der Waals surface area contributed by atoms with Gasteiger partial charge in [-0.1, -0.05) is 6.08 Å². The summed E-state index contributed by atoms with van der Waals surface area (Å²) in [7, 11) is 1.95. The number of allylic oxidation sites excluding steroid dienone is 2. The molecule has 0 radical (unpaired) electrons. The molecule has 0 saturated carbocycles. The molecule has 9 heavy (non-hydrogen) atoms. The Kier molecular flexibility index (Phi) is 3.77. The summed E-state index contributed by atoms with van der Waals surface area (Å²) >= 11 is 5.87. The van der Waals surface area contributed by atoms with Gasteiger partial charge in [0.2, 0.25) is 0 Å². The molecule has 0 bridgehead atoms. The average molecular weight is 258 g/mol. The number of likely N-dealkylation sites (N-methyl/N-ethyl adjacent to an activating group) is 1. The van der Waals surface area contributed by atoms with E-state index in [1.54, 1.807) is 0 Å². The van der Waals surface area contributed by atoms with Crippen LogP contribution in [-0.4, -0.2) is 17.6 Å². The Hall–Kier alpha value is 0.460. The first-order valence-corrected chi connectivity index (χ1v) is 2.94. The summed E-state index contributed by atoms with van der Waals surface area (Å²) in [6.07, 6.45) is 7.95. The second-order valence-corrected chi connectivity index (χ2v) is 2.87. The van der Waals surface area contributed by atoms with Gasteiger partial charge in [0.15, 0.2) is 11.8 Å². The zero-order valence-electron chi connectivity index (χ0n) is 5.22. The molecule has 1 rings (SSSR count). The second-order valence-electron chi connectivity index (χ2n) is 2.10. The molecular formula is C6H9ClIN. The quantitative estimate of drug-likeness (QED) is 0.373. The van der Waals surface area contributed by atoms with E-state index in [1.807, 2.05) is 31.5 Å². The minimum atomic E-state index is 0. The molecule has 0 aliphatic carbocycles. The highest BCUT2D eigenvalue weighted by Gasteiger charge is 2.13. The van der Waals surface area contributed by atoms with Crippen molar-refractivity contribution in [3.05, 3.63) is 24.4 Å². The lowest BCUT2D eigenvalue weighted by Gasteiger charge is -2.18. The normalized spacial score (nSPS) is 31.8. The third kappa shape index (κ3) is 3.23. The van der Waals surface area contributed by atoms with Crippen LogP contribution in [0.1, 0.15) is 0 Å². The maximum atomic E-state index is 5.87. The maximum Gasteiger partial charge on any atom is 0.170 e. The van der Waals surface area contributed by atoms with Crippen LogP contribution in [0.4, 0.5) is 0 Å². The van der Waals surface area contributed by atoms with E-state index in [1.165, 1.54) is 0 Å². The van der Waals surface area contributed by atoms with Crippen molar-refractivity contribution in [3.8, 4) is 0 Å². The first-order chi connectivity index (χ1) is 3.71. The average Bonchev–Trinajstić information content (AvgIpc) is 1.65. The van der Waals surface area contributed by atoms with Gasteiger partial charge >= 0.3 is 0 Å². The van der Waals surface area contributed by atoms with E-state index in [0.717, 1.165) is 6.54 Å². The Morgan fingerprint density at radius 3 is 2.33 bits per heavy atom. The molecule has 0 aromatic carbocycles. The minimum Gasteiger partial charge on any atom is -1.00 e. The molecule has 0 amide bonds. The topological polar surface area (TPSA) is 0 Å². The first-order valence-electron chi connectivity index (χ1n) is 2.60. The SMILES string of the molecule is C[N+]1(Cl)C=CC=CC1.[I-]. The van der Waals surface area contributed by atoms with Crippen LogP contribution in [-0.2, 0) is 0 Å². The van der Waals surface area contributed by atoms with Crippen molar-refractivity contribution >= 4 is 11.8 Å². The summed E-state index contributed by atoms with van der Waals surface area (Å²) in [4.78, 5) is 0. The maximum absolute atomic E-state index is 5.87. The van der Waals surface area contributed by atoms with Crippen LogP contribution in [0.5, 0.6) is 0 Å². The highest BCUT2D eigenvalue weighted by atomic mass is 127. The molecule has 0 aromatic rings. The first kappa shape index (κ1) is 9.46. The summed E-state index contributed by atoms with van der Waals surface area (Å²) in [6.45, 7) is 0.887. The van der Waals surface area contributed by atoms with E-state index >= 15 is 0 Å². The number of hydrogen-bond donors (Lipinski definition) is 0. The Morgan fingerprint density at radius 2 is 2.11 bits per heavy atom. The summed E-state index contributed by atoms with van der Waals surface area (Å²) in [5.74, 6) is 0. The van der Waals surface area contributed by atoms with Crippen molar-refractivity contribution in [1.29, 1.82) is 0 Å². The molecule has 3 heteroatoms. The smallest absolute Gasteiger partial charge is 0.170 e. The van der Waals surface area contributed by atoms with Crippen molar-refractivity contribution in [2.24, 2.45) is 0 Å². The Labute approximate surface area is 77.7 Å². The number of hydrogen-bond acceptors (Lipinski definition) is 0. The Balaban J connectivity index is 0.000000640. The summed E-state index contributed by atoms with van der Waals surface area (Å²) in [6, 6.07) is 0. The summed E-state index contributed by atoms with van der Waals surface area (Å²) in [5.41, 5.74) is 0. The molecule has 1 atom stereocenters. The zero-order chi connectivity index (χ0) is 6.04. The van der Waals surface area contributed by atoms with E-state index in [0.29, 0.717) is 4.00 Å². The van der Waals surface area contributed by atoms with Crippen molar-refractivity contribution in [2.45, 2.75) is 0 Å². The van der Waals surface area contributed by atoms with Crippen LogP contribution < -0.4 is 24.0 Å². The standard InChI is InChI=1S/C6H9ClN.HI/c1-8(7)5-3-2-4-6-8;/h2-5H,6H2,1H3;1H/q+1;/p-1. The Morgan fingerprint density at radius 1 is 1.44 bits per heavy atom. The van der Waals surface area contributed by atoms with Gasteiger partial charge in [-0.2, -0.15) is 4.00 Å². The van der Waals surface area contributed by atoms with Crippen LogP contribution >= 0.6 is 11.8 Å². The molecule has 0 fully saturated rings. The number of rotatable bonds is 0. The van der Waals surface area contributed by atoms with Crippen molar-refractivity contribution in [1.82, 2.24) is 0 Å². The van der Waals surface area contributed by atoms with Gasteiger partial charge in [0.25, 0.3) is 0 Å². The van der Waals surface area contributed by atoms with Crippen molar-refractivity contribution in [2.75, 3.05) is 13.6 Å². The predicted molar refractivity (Wildman–Crippen MR) is 35.2 cm³/mol. The molecule has 1 aliphatic rings. The third-order valence-electron chi connectivity index (χ3n) is 1.11. The zero-order valence-corrected chi connectivity index (χ0v) is 8.13. The molecule has 0 saturated heterocycles. The molecule has 0 N–H and O–H groups in total. The monoisotopic (exact) mass is 257 g/mol. The van der Waals surface area contributed by atoms with Gasteiger partial charge in [0, 0.05) is 0 Å². The van der Waals surface area contributed by atoms with Gasteiger partial charge in [-0.25, -0.2) is 0 Å². The molecule has 52 valence electrons. The predicted octanol–water partition coefficient (Wildman–Crippen LogP) is -1.33. The van der Waals surface area contributed by atoms with Gasteiger partial charge in [-0.15, -0.1) is 0 Å². The van der Waals surface area contributed by atoms with E-state index in [4.69, 9.17) is 11.8 Å². The molecule has 1 nitrogen and oxygen atoms in total. The van der Waals surface area contributed by atoms with Gasteiger partial charge < -0.3 is 24.0 Å². The van der Waals surface area contributed by atoms with Gasteiger partial charge in [-0.05, 0) is 12.2 Å². The lowest BCUT2D eigenvalue weighted by Crippen LogP contribution is -3.00. The lowest BCUT2D eigenvalue weighted by atomic mass is 10.4. The molecule has 1 heterocycles. The molecule has 1 aliphatic heterocycles. The Bertz CT molecular complexity index is 140. The van der Waals surface area contributed by atoms with Crippen LogP contribution in [0.25, 0.3) is 0 Å². The molecular weight excluding hydrogens is 248 g/mol. The van der Waals surface area contributed by atoms with Crippen LogP contribution in [0, 0.1) is 0 Å². The van der Waals surface area contributed by atoms with E-state index in [-0.39, 0.29) is 24.0 Å². The van der Waals surface area contributed by atoms with Gasteiger partial charge in [0.1, 0.15) is 12.7 Å². The lowest BCUT2D eigenvalue weighted by molar-refractivity contribution is -0.730. The van der Waals surface area contributed by atoms with Crippen molar-refractivity contribution in [3.63, 3.8) is 0 Å². The largest absolute Gasteiger partial charge is 1.00 e. The molecule has 0 aromatic heterocycles. The minimum absolute atomic E-state index is 0. The fourth-order valence-electron chi connectivity index (χ4n) is 0.636. The number of quaternary nitrogens is 1. The van der Waals surface area contributed by atoms with Gasteiger partial charge in [-0.3, -0.25) is 0 Å². The third-order valence-corrected chi connectivity index (χ3v) is 1.36. The van der Waals surface area contributed by atoms with E-state index in [9.17, 15) is 0 Å². The number of halogens is 2. The summed E-state index contributed by atoms with van der Waals surface area (Å²) in [5, 5.41) is 0. The molecule has 1 unspecified atom stereocenters. The van der Waals surface area contributed by atoms with Crippen molar-refractivity contribution < 1.29 is 28.0 Å². The van der Waals surface area contributed by atoms with Crippen LogP contribution in [0.3, 0.4) is 0 Å². The fraction of sp³-hybridized carbons (Fsp3) is 0.333. The number of nitrogens with zero attached hydrogens (tertiary/aromatic N) is 1. The molecule has 0 spiro atoms. The van der Waals surface area contributed by atoms with Crippen LogP contribution in [0.15, 0.2) is 24.4 Å². The fourth-order valence-corrected chi connectivity index (χ4v) is 0.780. The van der Waals surface area contributed by atoms with E-state index < -0.39 is 0 Å². The second kappa shape index (κ2) is 3.58. The van der Waals surface area contributed by atoms with Gasteiger partial charge in [0.05, 0.1) is 7.05 Å². The highest BCUT2D eigenvalue weighted by molar-refractivity contribution is 6.07. The van der Waals surface area contributed by atoms with E-state index in [2.05, 4.69) is 0 Å². The van der Waals surface area contributed by atoms with Crippen LogP contribution in [0.2, 0.25) is 0 Å².